The maximum Gasteiger partial charge on any atom is 0.0250 e. The molecule has 78 valence electrons. The molecule has 1 aliphatic rings. The van der Waals surface area contributed by atoms with Crippen molar-refractivity contribution in [2.75, 3.05) is 0 Å². The molecular formula is C13H21N. The van der Waals surface area contributed by atoms with Crippen LogP contribution in [0.5, 0.6) is 0 Å². The number of nitrogens with zero attached hydrogens (tertiary/aromatic N) is 1. The number of hydrogen-bond donors (Lipinski definition) is 0. The lowest BCUT2D eigenvalue weighted by atomic mass is 10.1. The fourth-order valence-electron chi connectivity index (χ4n) is 2.59. The summed E-state index contributed by atoms with van der Waals surface area (Å²) in [6.45, 7) is 7.95. The van der Waals surface area contributed by atoms with Crippen LogP contribution in [0.15, 0.2) is 6.20 Å². The molecule has 0 amide bonds. The summed E-state index contributed by atoms with van der Waals surface area (Å²) in [5, 5.41) is 0. The molecule has 0 unspecified atom stereocenters. The lowest BCUT2D eigenvalue weighted by Gasteiger charge is -2.12. The van der Waals surface area contributed by atoms with E-state index in [4.69, 9.17) is 0 Å². The monoisotopic (exact) mass is 191 g/mol. The number of aryl methyl sites for hydroxylation is 1. The highest BCUT2D eigenvalue weighted by atomic mass is 15.0. The van der Waals surface area contributed by atoms with Crippen molar-refractivity contribution in [3.63, 3.8) is 0 Å². The summed E-state index contributed by atoms with van der Waals surface area (Å²) in [5.74, 6) is 0.944. The summed E-state index contributed by atoms with van der Waals surface area (Å²) in [6, 6.07) is 0. The maximum absolute atomic E-state index is 2.46. The fourth-order valence-corrected chi connectivity index (χ4v) is 2.59. The molecule has 0 aliphatic heterocycles. The van der Waals surface area contributed by atoms with Crippen LogP contribution in [0.3, 0.4) is 0 Å². The summed E-state index contributed by atoms with van der Waals surface area (Å²) >= 11 is 0. The van der Waals surface area contributed by atoms with Gasteiger partial charge in [0.15, 0.2) is 0 Å². The quantitative estimate of drug-likeness (QED) is 0.673. The van der Waals surface area contributed by atoms with E-state index in [9.17, 15) is 0 Å². The molecule has 1 saturated carbocycles. The van der Waals surface area contributed by atoms with Crippen LogP contribution in [-0.4, -0.2) is 4.57 Å². The summed E-state index contributed by atoms with van der Waals surface area (Å²) in [5.41, 5.74) is 4.39. The van der Waals surface area contributed by atoms with E-state index >= 15 is 0 Å². The molecular weight excluding hydrogens is 170 g/mol. The van der Waals surface area contributed by atoms with Crippen molar-refractivity contribution in [2.45, 2.75) is 53.0 Å². The standard InChI is InChI=1S/C13H21N/c1-10-8-14(12(3)11(10)2)9-13-6-4-5-7-13/h8,13H,4-7,9H2,1-3H3. The zero-order valence-electron chi connectivity index (χ0n) is 9.64. The third-order valence-corrected chi connectivity index (χ3v) is 3.84. The minimum Gasteiger partial charge on any atom is -0.351 e. The Bertz CT molecular complexity index is 316. The zero-order chi connectivity index (χ0) is 10.1. The second kappa shape index (κ2) is 3.80. The van der Waals surface area contributed by atoms with Crippen LogP contribution in [0.1, 0.15) is 42.5 Å². The molecule has 0 bridgehead atoms. The molecule has 1 fully saturated rings. The molecule has 0 N–H and O–H groups in total. The highest BCUT2D eigenvalue weighted by Crippen LogP contribution is 2.27. The first-order valence-corrected chi connectivity index (χ1v) is 5.81. The normalized spacial score (nSPS) is 17.9. The highest BCUT2D eigenvalue weighted by molar-refractivity contribution is 5.28. The molecule has 14 heavy (non-hydrogen) atoms. The minimum absolute atomic E-state index is 0.944. The molecule has 0 aromatic carbocycles. The van der Waals surface area contributed by atoms with E-state index in [-0.39, 0.29) is 0 Å². The van der Waals surface area contributed by atoms with Crippen LogP contribution >= 0.6 is 0 Å². The SMILES string of the molecule is Cc1cn(CC2CCCC2)c(C)c1C. The Morgan fingerprint density at radius 3 is 2.36 bits per heavy atom. The average molecular weight is 191 g/mol. The topological polar surface area (TPSA) is 4.93 Å². The first-order valence-electron chi connectivity index (χ1n) is 5.81. The second-order valence-corrected chi connectivity index (χ2v) is 4.83. The molecule has 0 saturated heterocycles. The van der Waals surface area contributed by atoms with Gasteiger partial charge in [-0.05, 0) is 50.7 Å². The van der Waals surface area contributed by atoms with Gasteiger partial charge >= 0.3 is 0 Å². The molecule has 0 atom stereocenters. The Morgan fingerprint density at radius 2 is 1.86 bits per heavy atom. The number of aromatic nitrogens is 1. The molecule has 1 aromatic rings. The van der Waals surface area contributed by atoms with Gasteiger partial charge in [-0.3, -0.25) is 0 Å². The molecule has 1 heterocycles. The minimum atomic E-state index is 0.944. The van der Waals surface area contributed by atoms with Crippen molar-refractivity contribution < 1.29 is 0 Å². The largest absolute Gasteiger partial charge is 0.351 e. The Kier molecular flexibility index (Phi) is 2.66. The summed E-state index contributed by atoms with van der Waals surface area (Å²) in [6.07, 6.45) is 8.10. The van der Waals surface area contributed by atoms with Gasteiger partial charge in [0.05, 0.1) is 0 Å². The van der Waals surface area contributed by atoms with E-state index in [0.717, 1.165) is 5.92 Å². The molecule has 1 heteroatoms. The van der Waals surface area contributed by atoms with Crippen molar-refractivity contribution in [3.8, 4) is 0 Å². The van der Waals surface area contributed by atoms with Crippen molar-refractivity contribution >= 4 is 0 Å². The molecule has 2 rings (SSSR count). The first kappa shape index (κ1) is 9.82. The van der Waals surface area contributed by atoms with Gasteiger partial charge in [-0.25, -0.2) is 0 Å². The van der Waals surface area contributed by atoms with Crippen molar-refractivity contribution in [2.24, 2.45) is 5.92 Å². The predicted octanol–water partition coefficient (Wildman–Crippen LogP) is 3.60. The van der Waals surface area contributed by atoms with Crippen LogP contribution < -0.4 is 0 Å². The smallest absolute Gasteiger partial charge is 0.0250 e. The second-order valence-electron chi connectivity index (χ2n) is 4.83. The van der Waals surface area contributed by atoms with Gasteiger partial charge in [-0.15, -0.1) is 0 Å². The molecule has 0 radical (unpaired) electrons. The van der Waals surface area contributed by atoms with E-state index in [1.807, 2.05) is 0 Å². The lowest BCUT2D eigenvalue weighted by Crippen LogP contribution is -2.07. The van der Waals surface area contributed by atoms with Gasteiger partial charge in [0.1, 0.15) is 0 Å². The Hall–Kier alpha value is -0.720. The van der Waals surface area contributed by atoms with Gasteiger partial charge in [-0.2, -0.15) is 0 Å². The van der Waals surface area contributed by atoms with Gasteiger partial charge in [-0.1, -0.05) is 12.8 Å². The number of rotatable bonds is 2. The maximum atomic E-state index is 2.46. The van der Waals surface area contributed by atoms with Crippen LogP contribution in [0.2, 0.25) is 0 Å². The van der Waals surface area contributed by atoms with Crippen LogP contribution in [0.4, 0.5) is 0 Å². The van der Waals surface area contributed by atoms with Gasteiger partial charge in [0.25, 0.3) is 0 Å². The third-order valence-electron chi connectivity index (χ3n) is 3.84. The fraction of sp³-hybridized carbons (Fsp3) is 0.692. The van der Waals surface area contributed by atoms with Crippen LogP contribution in [0, 0.1) is 26.7 Å². The van der Waals surface area contributed by atoms with Gasteiger partial charge in [0, 0.05) is 18.4 Å². The van der Waals surface area contributed by atoms with Gasteiger partial charge < -0.3 is 4.57 Å². The number of hydrogen-bond acceptors (Lipinski definition) is 0. The predicted molar refractivity (Wildman–Crippen MR) is 60.6 cm³/mol. The summed E-state index contributed by atoms with van der Waals surface area (Å²) in [4.78, 5) is 0. The van der Waals surface area contributed by atoms with Crippen molar-refractivity contribution in [1.82, 2.24) is 4.57 Å². The van der Waals surface area contributed by atoms with Gasteiger partial charge in [0.2, 0.25) is 0 Å². The Morgan fingerprint density at radius 1 is 1.21 bits per heavy atom. The summed E-state index contributed by atoms with van der Waals surface area (Å²) in [7, 11) is 0. The van der Waals surface area contributed by atoms with E-state index < -0.39 is 0 Å². The molecule has 1 aliphatic carbocycles. The van der Waals surface area contributed by atoms with Crippen molar-refractivity contribution in [3.05, 3.63) is 23.0 Å². The summed E-state index contributed by atoms with van der Waals surface area (Å²) < 4.78 is 2.46. The zero-order valence-corrected chi connectivity index (χ0v) is 9.64. The first-order chi connectivity index (χ1) is 6.68. The molecule has 1 nitrogen and oxygen atoms in total. The lowest BCUT2D eigenvalue weighted by molar-refractivity contribution is 0.453. The van der Waals surface area contributed by atoms with E-state index in [0.29, 0.717) is 0 Å². The third kappa shape index (κ3) is 1.73. The molecule has 0 spiro atoms. The molecule has 1 aromatic heterocycles. The van der Waals surface area contributed by atoms with Crippen LogP contribution in [0.25, 0.3) is 0 Å². The van der Waals surface area contributed by atoms with E-state index in [2.05, 4.69) is 31.5 Å². The Labute approximate surface area is 87.1 Å². The van der Waals surface area contributed by atoms with E-state index in [1.165, 1.54) is 49.0 Å². The van der Waals surface area contributed by atoms with Crippen molar-refractivity contribution in [1.29, 1.82) is 0 Å². The highest BCUT2D eigenvalue weighted by Gasteiger charge is 2.16. The van der Waals surface area contributed by atoms with Crippen LogP contribution in [-0.2, 0) is 6.54 Å². The average Bonchev–Trinajstić information content (AvgIpc) is 2.73. The Balaban J connectivity index is 2.12. The van der Waals surface area contributed by atoms with E-state index in [1.54, 1.807) is 0 Å².